The lowest BCUT2D eigenvalue weighted by molar-refractivity contribution is 0.0497. The summed E-state index contributed by atoms with van der Waals surface area (Å²) in [5.74, 6) is 0.611. The van der Waals surface area contributed by atoms with E-state index < -0.39 is 0 Å². The Balaban J connectivity index is 1.71. The van der Waals surface area contributed by atoms with Crippen molar-refractivity contribution in [3.05, 3.63) is 59.7 Å². The summed E-state index contributed by atoms with van der Waals surface area (Å²) >= 11 is 0. The second kappa shape index (κ2) is 15.2. The Bertz CT molecular complexity index is 766. The predicted octanol–water partition coefficient (Wildman–Crippen LogP) is 7.52. The van der Waals surface area contributed by atoms with E-state index in [2.05, 4.69) is 18.8 Å². The Labute approximate surface area is 187 Å². The van der Waals surface area contributed by atoms with Crippen molar-refractivity contribution < 1.29 is 14.3 Å². The lowest BCUT2D eigenvalue weighted by Crippen LogP contribution is -2.06. The first-order valence-corrected chi connectivity index (χ1v) is 11.8. The predicted molar refractivity (Wildman–Crippen MR) is 129 cm³/mol. The van der Waals surface area contributed by atoms with Gasteiger partial charge >= 0.3 is 5.97 Å². The van der Waals surface area contributed by atoms with Gasteiger partial charge in [-0.3, -0.25) is 4.99 Å². The Morgan fingerprint density at radius 2 is 1.42 bits per heavy atom. The minimum absolute atomic E-state index is 0.256. The van der Waals surface area contributed by atoms with Gasteiger partial charge in [-0.25, -0.2) is 4.79 Å². The number of unbranched alkanes of at least 4 members (excludes halogenated alkanes) is 7. The van der Waals surface area contributed by atoms with E-state index in [4.69, 9.17) is 9.47 Å². The van der Waals surface area contributed by atoms with Crippen LogP contribution >= 0.6 is 0 Å². The molecule has 0 amide bonds. The van der Waals surface area contributed by atoms with Gasteiger partial charge in [0.05, 0.1) is 24.5 Å². The molecule has 2 rings (SSSR count). The third-order valence-corrected chi connectivity index (χ3v) is 5.09. The molecule has 0 heterocycles. The number of benzene rings is 2. The van der Waals surface area contributed by atoms with Crippen molar-refractivity contribution in [3.63, 3.8) is 0 Å². The first-order valence-electron chi connectivity index (χ1n) is 11.8. The quantitative estimate of drug-likeness (QED) is 0.169. The number of aliphatic imine (C=N–C) groups is 1. The minimum Gasteiger partial charge on any atom is -0.494 e. The van der Waals surface area contributed by atoms with Crippen molar-refractivity contribution in [3.8, 4) is 5.75 Å². The normalized spacial score (nSPS) is 11.0. The number of esters is 1. The summed E-state index contributed by atoms with van der Waals surface area (Å²) in [5, 5.41) is 0. The smallest absolute Gasteiger partial charge is 0.338 e. The highest BCUT2D eigenvalue weighted by Crippen LogP contribution is 2.18. The fourth-order valence-electron chi connectivity index (χ4n) is 3.12. The van der Waals surface area contributed by atoms with Crippen LogP contribution in [0.15, 0.2) is 53.5 Å². The zero-order chi connectivity index (χ0) is 22.2. The molecule has 0 aliphatic rings. The molecule has 0 atom stereocenters. The summed E-state index contributed by atoms with van der Waals surface area (Å²) in [6.45, 7) is 5.61. The number of hydrogen-bond donors (Lipinski definition) is 0. The molecule has 0 bridgehead atoms. The Morgan fingerprint density at radius 1 is 0.774 bits per heavy atom. The molecule has 2 aromatic rings. The molecule has 168 valence electrons. The van der Waals surface area contributed by atoms with Gasteiger partial charge in [-0.05, 0) is 54.8 Å². The lowest BCUT2D eigenvalue weighted by Gasteiger charge is -2.05. The van der Waals surface area contributed by atoms with Gasteiger partial charge in [0, 0.05) is 6.21 Å². The molecule has 0 saturated heterocycles. The van der Waals surface area contributed by atoms with Crippen LogP contribution in [0.2, 0.25) is 0 Å². The summed E-state index contributed by atoms with van der Waals surface area (Å²) in [6, 6.07) is 15.1. The Hall–Kier alpha value is -2.62. The van der Waals surface area contributed by atoms with E-state index in [1.807, 2.05) is 36.4 Å². The molecule has 2 aromatic carbocycles. The van der Waals surface area contributed by atoms with Gasteiger partial charge in [-0.2, -0.15) is 0 Å². The van der Waals surface area contributed by atoms with E-state index in [9.17, 15) is 4.79 Å². The molecule has 0 aliphatic carbocycles. The van der Waals surface area contributed by atoms with Gasteiger partial charge in [0.1, 0.15) is 5.75 Å². The summed E-state index contributed by atoms with van der Waals surface area (Å²) in [7, 11) is 0. The first kappa shape index (κ1) is 24.6. The fourth-order valence-corrected chi connectivity index (χ4v) is 3.12. The number of rotatable bonds is 15. The molecule has 4 heteroatoms. The number of ether oxygens (including phenoxy) is 2. The van der Waals surface area contributed by atoms with Crippen molar-refractivity contribution in [2.24, 2.45) is 4.99 Å². The third kappa shape index (κ3) is 10.3. The minimum atomic E-state index is -0.256. The average molecular weight is 424 g/mol. The van der Waals surface area contributed by atoms with Gasteiger partial charge in [0.15, 0.2) is 0 Å². The zero-order valence-electron chi connectivity index (χ0n) is 19.1. The molecule has 0 unspecified atom stereocenters. The molecule has 0 radical (unpaired) electrons. The van der Waals surface area contributed by atoms with Crippen LogP contribution in [0.5, 0.6) is 5.75 Å². The van der Waals surface area contributed by atoms with E-state index in [1.54, 1.807) is 18.3 Å². The molecule has 31 heavy (non-hydrogen) atoms. The van der Waals surface area contributed by atoms with Crippen LogP contribution in [0.4, 0.5) is 5.69 Å². The first-order chi connectivity index (χ1) is 15.2. The molecular formula is C27H37NO3. The summed E-state index contributed by atoms with van der Waals surface area (Å²) in [6.07, 6.45) is 12.4. The fraction of sp³-hybridized carbons (Fsp3) is 0.481. The zero-order valence-corrected chi connectivity index (χ0v) is 19.1. The molecule has 0 spiro atoms. The highest BCUT2D eigenvalue weighted by molar-refractivity contribution is 5.91. The van der Waals surface area contributed by atoms with Crippen molar-refractivity contribution in [2.75, 3.05) is 13.2 Å². The van der Waals surface area contributed by atoms with E-state index in [0.717, 1.165) is 49.3 Å². The highest BCUT2D eigenvalue weighted by Gasteiger charge is 2.06. The molecule has 0 N–H and O–H groups in total. The monoisotopic (exact) mass is 423 g/mol. The van der Waals surface area contributed by atoms with Gasteiger partial charge < -0.3 is 9.47 Å². The third-order valence-electron chi connectivity index (χ3n) is 5.09. The van der Waals surface area contributed by atoms with Crippen molar-refractivity contribution in [2.45, 2.75) is 71.6 Å². The van der Waals surface area contributed by atoms with Gasteiger partial charge in [-0.15, -0.1) is 0 Å². The van der Waals surface area contributed by atoms with E-state index in [0.29, 0.717) is 12.2 Å². The van der Waals surface area contributed by atoms with Crippen LogP contribution in [0.1, 0.15) is 87.6 Å². The van der Waals surface area contributed by atoms with E-state index in [-0.39, 0.29) is 5.97 Å². The number of hydrogen-bond acceptors (Lipinski definition) is 4. The molecule has 0 aromatic heterocycles. The van der Waals surface area contributed by atoms with Crippen LogP contribution in [0.25, 0.3) is 0 Å². The summed E-state index contributed by atoms with van der Waals surface area (Å²) < 4.78 is 11.1. The highest BCUT2D eigenvalue weighted by atomic mass is 16.5. The Kier molecular flexibility index (Phi) is 12.1. The SMILES string of the molecule is CCCCCCCCCOC(=O)c1ccc(C=Nc2ccc(OCCCC)cc2)cc1. The lowest BCUT2D eigenvalue weighted by atomic mass is 10.1. The maximum absolute atomic E-state index is 12.2. The van der Waals surface area contributed by atoms with E-state index >= 15 is 0 Å². The van der Waals surface area contributed by atoms with Gasteiger partial charge in [0.2, 0.25) is 0 Å². The average Bonchev–Trinajstić information content (AvgIpc) is 2.80. The van der Waals surface area contributed by atoms with Crippen LogP contribution in [0, 0.1) is 0 Å². The summed E-state index contributed by atoms with van der Waals surface area (Å²) in [4.78, 5) is 16.7. The van der Waals surface area contributed by atoms with Crippen LogP contribution in [-0.2, 0) is 4.74 Å². The molecule has 0 fully saturated rings. The molecule has 4 nitrogen and oxygen atoms in total. The van der Waals surface area contributed by atoms with Gasteiger partial charge in [0.25, 0.3) is 0 Å². The molecule has 0 aliphatic heterocycles. The van der Waals surface area contributed by atoms with Crippen molar-refractivity contribution in [1.82, 2.24) is 0 Å². The second-order valence-electron chi connectivity index (χ2n) is 7.83. The van der Waals surface area contributed by atoms with Crippen LogP contribution in [-0.4, -0.2) is 25.4 Å². The number of carbonyl (C=O) groups excluding carboxylic acids is 1. The molecule has 0 saturated carbocycles. The van der Waals surface area contributed by atoms with Gasteiger partial charge in [-0.1, -0.05) is 70.9 Å². The largest absolute Gasteiger partial charge is 0.494 e. The topological polar surface area (TPSA) is 47.9 Å². The maximum Gasteiger partial charge on any atom is 0.338 e. The van der Waals surface area contributed by atoms with Crippen LogP contribution < -0.4 is 4.74 Å². The van der Waals surface area contributed by atoms with E-state index in [1.165, 1.54) is 32.1 Å². The number of carbonyl (C=O) groups is 1. The number of nitrogens with zero attached hydrogens (tertiary/aromatic N) is 1. The maximum atomic E-state index is 12.2. The van der Waals surface area contributed by atoms with Crippen molar-refractivity contribution in [1.29, 1.82) is 0 Å². The Morgan fingerprint density at radius 3 is 2.10 bits per heavy atom. The summed E-state index contributed by atoms with van der Waals surface area (Å²) in [5.41, 5.74) is 2.38. The molecular weight excluding hydrogens is 386 g/mol. The van der Waals surface area contributed by atoms with Crippen LogP contribution in [0.3, 0.4) is 0 Å². The van der Waals surface area contributed by atoms with Crippen molar-refractivity contribution >= 4 is 17.9 Å². The second-order valence-corrected chi connectivity index (χ2v) is 7.83. The standard InChI is InChI=1S/C27H37NO3/c1-3-5-7-8-9-10-11-21-31-27(29)24-14-12-23(13-15-24)22-28-25-16-18-26(19-17-25)30-20-6-4-2/h12-19,22H,3-11,20-21H2,1-2H3.